The van der Waals surface area contributed by atoms with Gasteiger partial charge in [0.2, 0.25) is 5.91 Å². The number of aromatic nitrogens is 2. The van der Waals surface area contributed by atoms with E-state index in [-0.39, 0.29) is 29.5 Å². The van der Waals surface area contributed by atoms with E-state index in [2.05, 4.69) is 25.9 Å². The molecule has 9 heteroatoms. The average Bonchev–Trinajstić information content (AvgIpc) is 2.71. The van der Waals surface area contributed by atoms with Gasteiger partial charge in [-0.2, -0.15) is 0 Å². The standard InChI is InChI=1S/C11H15N5O3S/c1-6-11(17)16-8-9(14-6)12-5-13-10(8)15-7-2-3-20(18,19)4-7/h5-7H,2-4H2,1H3,(H,16,17)(H2,12,13,14,15). The van der Waals surface area contributed by atoms with Crippen molar-refractivity contribution in [2.45, 2.75) is 25.4 Å². The third kappa shape index (κ3) is 2.40. The van der Waals surface area contributed by atoms with Crippen molar-refractivity contribution in [3.63, 3.8) is 0 Å². The van der Waals surface area contributed by atoms with Crippen molar-refractivity contribution in [1.29, 1.82) is 0 Å². The van der Waals surface area contributed by atoms with E-state index >= 15 is 0 Å². The Kier molecular flexibility index (Phi) is 3.00. The van der Waals surface area contributed by atoms with Gasteiger partial charge in [0.15, 0.2) is 21.5 Å². The SMILES string of the molecule is CC1Nc2ncnc(NC3CCS(=O)(=O)C3)c2NC1=O. The molecule has 3 heterocycles. The van der Waals surface area contributed by atoms with Crippen LogP contribution in [0.3, 0.4) is 0 Å². The molecule has 3 N–H and O–H groups in total. The lowest BCUT2D eigenvalue weighted by Crippen LogP contribution is -2.37. The topological polar surface area (TPSA) is 113 Å². The van der Waals surface area contributed by atoms with Gasteiger partial charge in [-0.15, -0.1) is 0 Å². The Labute approximate surface area is 116 Å². The van der Waals surface area contributed by atoms with E-state index in [1.807, 2.05) is 0 Å². The van der Waals surface area contributed by atoms with E-state index in [0.717, 1.165) is 0 Å². The summed E-state index contributed by atoms with van der Waals surface area (Å²) in [6.45, 7) is 1.73. The third-order valence-electron chi connectivity index (χ3n) is 3.42. The molecule has 0 bridgehead atoms. The van der Waals surface area contributed by atoms with Gasteiger partial charge in [-0.05, 0) is 13.3 Å². The van der Waals surface area contributed by atoms with Crippen LogP contribution in [0, 0.1) is 0 Å². The molecule has 0 radical (unpaired) electrons. The summed E-state index contributed by atoms with van der Waals surface area (Å²) in [7, 11) is -2.97. The lowest BCUT2D eigenvalue weighted by Gasteiger charge is -2.25. The molecule has 2 aliphatic rings. The van der Waals surface area contributed by atoms with E-state index in [1.54, 1.807) is 6.92 Å². The molecule has 1 fully saturated rings. The molecule has 8 nitrogen and oxygen atoms in total. The Morgan fingerprint density at radius 1 is 1.40 bits per heavy atom. The Morgan fingerprint density at radius 3 is 2.90 bits per heavy atom. The van der Waals surface area contributed by atoms with Gasteiger partial charge in [0.1, 0.15) is 18.1 Å². The first-order valence-corrected chi connectivity index (χ1v) is 8.16. The van der Waals surface area contributed by atoms with Crippen LogP contribution in [-0.2, 0) is 14.6 Å². The molecule has 1 amide bonds. The quantitative estimate of drug-likeness (QED) is 0.694. The van der Waals surface area contributed by atoms with Crippen molar-refractivity contribution in [1.82, 2.24) is 9.97 Å². The molecule has 1 saturated heterocycles. The largest absolute Gasteiger partial charge is 0.364 e. The summed E-state index contributed by atoms with van der Waals surface area (Å²) in [5.74, 6) is 1.08. The van der Waals surface area contributed by atoms with Crippen LogP contribution in [0.2, 0.25) is 0 Å². The Hall–Kier alpha value is -1.90. The first-order chi connectivity index (χ1) is 9.44. The number of hydrogen-bond acceptors (Lipinski definition) is 7. The maximum absolute atomic E-state index is 11.7. The number of sulfone groups is 1. The number of rotatable bonds is 2. The van der Waals surface area contributed by atoms with Gasteiger partial charge < -0.3 is 16.0 Å². The first kappa shape index (κ1) is 13.1. The average molecular weight is 297 g/mol. The van der Waals surface area contributed by atoms with E-state index in [1.165, 1.54) is 6.33 Å². The van der Waals surface area contributed by atoms with Gasteiger partial charge in [-0.3, -0.25) is 4.79 Å². The number of nitrogens with one attached hydrogen (secondary N) is 3. The fourth-order valence-electron chi connectivity index (χ4n) is 2.33. The lowest BCUT2D eigenvalue weighted by atomic mass is 10.2. The minimum atomic E-state index is -2.97. The summed E-state index contributed by atoms with van der Waals surface area (Å²) >= 11 is 0. The number of amides is 1. The smallest absolute Gasteiger partial charge is 0.246 e. The van der Waals surface area contributed by atoms with Crippen LogP contribution in [-0.4, -0.2) is 47.9 Å². The maximum Gasteiger partial charge on any atom is 0.246 e. The first-order valence-electron chi connectivity index (χ1n) is 6.34. The normalized spacial score (nSPS) is 27.4. The summed E-state index contributed by atoms with van der Waals surface area (Å²) in [6, 6.07) is -0.549. The Balaban J connectivity index is 1.85. The second kappa shape index (κ2) is 4.58. The molecule has 0 aromatic carbocycles. The van der Waals surface area contributed by atoms with Crippen molar-refractivity contribution in [3.8, 4) is 0 Å². The Morgan fingerprint density at radius 2 is 2.20 bits per heavy atom. The highest BCUT2D eigenvalue weighted by Gasteiger charge is 2.30. The van der Waals surface area contributed by atoms with E-state index < -0.39 is 9.84 Å². The van der Waals surface area contributed by atoms with Gasteiger partial charge in [0, 0.05) is 6.04 Å². The summed E-state index contributed by atoms with van der Waals surface area (Å²) in [5.41, 5.74) is 0.472. The molecule has 3 rings (SSSR count). The summed E-state index contributed by atoms with van der Waals surface area (Å²) < 4.78 is 22.9. The molecule has 0 aliphatic carbocycles. The van der Waals surface area contributed by atoms with Gasteiger partial charge in [0.05, 0.1) is 11.5 Å². The number of carbonyl (C=O) groups is 1. The molecule has 2 unspecified atom stereocenters. The molecule has 1 aromatic heterocycles. The lowest BCUT2D eigenvalue weighted by molar-refractivity contribution is -0.116. The number of hydrogen-bond donors (Lipinski definition) is 3. The number of fused-ring (bicyclic) bond motifs is 1. The van der Waals surface area contributed by atoms with E-state index in [0.29, 0.717) is 23.7 Å². The Bertz CT molecular complexity index is 660. The van der Waals surface area contributed by atoms with Crippen LogP contribution < -0.4 is 16.0 Å². The van der Waals surface area contributed by atoms with Gasteiger partial charge in [-0.1, -0.05) is 0 Å². The second-order valence-electron chi connectivity index (χ2n) is 5.05. The molecule has 0 saturated carbocycles. The van der Waals surface area contributed by atoms with Crippen LogP contribution in [0.4, 0.5) is 17.3 Å². The van der Waals surface area contributed by atoms with E-state index in [4.69, 9.17) is 0 Å². The van der Waals surface area contributed by atoms with Crippen LogP contribution >= 0.6 is 0 Å². The number of anilines is 3. The van der Waals surface area contributed by atoms with Crippen molar-refractivity contribution in [2.75, 3.05) is 27.5 Å². The fraction of sp³-hybridized carbons (Fsp3) is 0.545. The van der Waals surface area contributed by atoms with E-state index in [9.17, 15) is 13.2 Å². The van der Waals surface area contributed by atoms with Crippen molar-refractivity contribution in [2.24, 2.45) is 0 Å². The molecule has 108 valence electrons. The summed E-state index contributed by atoms with van der Waals surface area (Å²) in [5, 5.41) is 8.78. The van der Waals surface area contributed by atoms with Crippen LogP contribution in [0.25, 0.3) is 0 Å². The molecule has 20 heavy (non-hydrogen) atoms. The fourth-order valence-corrected chi connectivity index (χ4v) is 4.00. The minimum absolute atomic E-state index is 0.0869. The van der Waals surface area contributed by atoms with Crippen LogP contribution in [0.15, 0.2) is 6.33 Å². The molecule has 2 aliphatic heterocycles. The molecule has 0 spiro atoms. The predicted molar refractivity (Wildman–Crippen MR) is 74.4 cm³/mol. The highest BCUT2D eigenvalue weighted by molar-refractivity contribution is 7.91. The van der Waals surface area contributed by atoms with Crippen molar-refractivity contribution in [3.05, 3.63) is 6.33 Å². The van der Waals surface area contributed by atoms with Crippen molar-refractivity contribution >= 4 is 33.1 Å². The molecular formula is C11H15N5O3S. The maximum atomic E-state index is 11.7. The zero-order chi connectivity index (χ0) is 14.3. The van der Waals surface area contributed by atoms with Gasteiger partial charge in [0.25, 0.3) is 0 Å². The highest BCUT2D eigenvalue weighted by Crippen LogP contribution is 2.31. The predicted octanol–water partition coefficient (Wildman–Crippen LogP) is -0.172. The van der Waals surface area contributed by atoms with Crippen LogP contribution in [0.1, 0.15) is 13.3 Å². The number of nitrogens with zero attached hydrogens (tertiary/aromatic N) is 2. The monoisotopic (exact) mass is 297 g/mol. The third-order valence-corrected chi connectivity index (χ3v) is 5.18. The van der Waals surface area contributed by atoms with Gasteiger partial charge in [-0.25, -0.2) is 18.4 Å². The highest BCUT2D eigenvalue weighted by atomic mass is 32.2. The van der Waals surface area contributed by atoms with Crippen LogP contribution in [0.5, 0.6) is 0 Å². The summed E-state index contributed by atoms with van der Waals surface area (Å²) in [4.78, 5) is 19.9. The molecular weight excluding hydrogens is 282 g/mol. The molecule has 2 atom stereocenters. The zero-order valence-corrected chi connectivity index (χ0v) is 11.7. The number of carbonyl (C=O) groups excluding carboxylic acids is 1. The van der Waals surface area contributed by atoms with Crippen molar-refractivity contribution < 1.29 is 13.2 Å². The minimum Gasteiger partial charge on any atom is -0.364 e. The van der Waals surface area contributed by atoms with Gasteiger partial charge >= 0.3 is 0 Å². The molecule has 1 aromatic rings. The zero-order valence-electron chi connectivity index (χ0n) is 10.9. The summed E-state index contributed by atoms with van der Waals surface area (Å²) in [6.07, 6.45) is 1.92. The second-order valence-corrected chi connectivity index (χ2v) is 7.27.